The lowest BCUT2D eigenvalue weighted by Gasteiger charge is -2.01. The Hall–Kier alpha value is -1.34. The minimum Gasteiger partial charge on any atom is -0.325 e. The number of anilines is 1. The van der Waals surface area contributed by atoms with Gasteiger partial charge < -0.3 is 5.32 Å². The standard InChI is InChI=1S/C9H7BrN2O/c10-7-1-3-8(4-2-7)12-9(13)5-6-11/h1-4H,5H2,(H,12,13). The number of hydrogen-bond acceptors (Lipinski definition) is 2. The van der Waals surface area contributed by atoms with Gasteiger partial charge in [-0.1, -0.05) is 15.9 Å². The number of nitriles is 1. The maximum atomic E-state index is 11.0. The van der Waals surface area contributed by atoms with Gasteiger partial charge in [-0.2, -0.15) is 5.26 Å². The molecule has 0 radical (unpaired) electrons. The molecule has 0 unspecified atom stereocenters. The van der Waals surface area contributed by atoms with Crippen molar-refractivity contribution in [3.63, 3.8) is 0 Å². The zero-order valence-electron chi connectivity index (χ0n) is 6.75. The van der Waals surface area contributed by atoms with Crippen molar-refractivity contribution in [2.24, 2.45) is 0 Å². The fourth-order valence-electron chi connectivity index (χ4n) is 0.810. The van der Waals surface area contributed by atoms with Gasteiger partial charge in [0.1, 0.15) is 6.42 Å². The van der Waals surface area contributed by atoms with E-state index < -0.39 is 0 Å². The molecule has 0 fully saturated rings. The molecule has 4 heteroatoms. The number of halogens is 1. The van der Waals surface area contributed by atoms with Gasteiger partial charge >= 0.3 is 0 Å². The molecule has 1 rings (SSSR count). The van der Waals surface area contributed by atoms with Crippen LogP contribution in [0.25, 0.3) is 0 Å². The third-order valence-corrected chi connectivity index (χ3v) is 1.90. The molecule has 1 N–H and O–H groups in total. The van der Waals surface area contributed by atoms with Gasteiger partial charge in [0.2, 0.25) is 5.91 Å². The second-order valence-electron chi connectivity index (χ2n) is 2.39. The summed E-state index contributed by atoms with van der Waals surface area (Å²) in [6, 6.07) is 8.95. The molecular weight excluding hydrogens is 232 g/mol. The molecule has 0 aromatic heterocycles. The van der Waals surface area contributed by atoms with E-state index in [0.717, 1.165) is 4.47 Å². The summed E-state index contributed by atoms with van der Waals surface area (Å²) in [5, 5.41) is 10.8. The van der Waals surface area contributed by atoms with E-state index in [1.165, 1.54) is 0 Å². The number of hydrogen-bond donors (Lipinski definition) is 1. The van der Waals surface area contributed by atoms with Crippen LogP contribution in [0.4, 0.5) is 5.69 Å². The summed E-state index contributed by atoms with van der Waals surface area (Å²) in [6.07, 6.45) is -0.115. The van der Waals surface area contributed by atoms with Crippen LogP contribution >= 0.6 is 15.9 Å². The molecule has 0 aliphatic carbocycles. The average Bonchev–Trinajstić information content (AvgIpc) is 2.09. The minimum absolute atomic E-state index is 0.115. The highest BCUT2D eigenvalue weighted by Crippen LogP contribution is 2.13. The normalized spacial score (nSPS) is 8.92. The number of rotatable bonds is 2. The Labute approximate surface area is 84.5 Å². The molecule has 0 heterocycles. The molecule has 1 aromatic rings. The largest absolute Gasteiger partial charge is 0.325 e. The van der Waals surface area contributed by atoms with E-state index in [-0.39, 0.29) is 12.3 Å². The number of amides is 1. The summed E-state index contributed by atoms with van der Waals surface area (Å²) in [5.74, 6) is -0.287. The van der Waals surface area contributed by atoms with Crippen LogP contribution in [0.2, 0.25) is 0 Å². The Morgan fingerprint density at radius 2 is 2.08 bits per heavy atom. The van der Waals surface area contributed by atoms with Crippen molar-refractivity contribution < 1.29 is 4.79 Å². The van der Waals surface area contributed by atoms with Gasteiger partial charge in [0, 0.05) is 10.2 Å². The van der Waals surface area contributed by atoms with E-state index in [1.807, 2.05) is 12.1 Å². The molecule has 1 amide bonds. The quantitative estimate of drug-likeness (QED) is 0.860. The second-order valence-corrected chi connectivity index (χ2v) is 3.31. The Balaban J connectivity index is 2.60. The van der Waals surface area contributed by atoms with Crippen LogP contribution < -0.4 is 5.32 Å². The van der Waals surface area contributed by atoms with E-state index in [2.05, 4.69) is 21.2 Å². The number of nitrogens with one attached hydrogen (secondary N) is 1. The number of benzene rings is 1. The minimum atomic E-state index is -0.287. The van der Waals surface area contributed by atoms with Gasteiger partial charge in [-0.05, 0) is 24.3 Å². The SMILES string of the molecule is N#CCC(=O)Nc1ccc(Br)cc1. The summed E-state index contributed by atoms with van der Waals surface area (Å²) < 4.78 is 0.950. The first-order valence-electron chi connectivity index (χ1n) is 3.65. The highest BCUT2D eigenvalue weighted by Gasteiger charge is 1.99. The number of carbonyl (C=O) groups is 1. The Morgan fingerprint density at radius 3 is 2.62 bits per heavy atom. The smallest absolute Gasteiger partial charge is 0.238 e. The predicted molar refractivity (Wildman–Crippen MR) is 53.0 cm³/mol. The molecule has 0 aliphatic rings. The maximum Gasteiger partial charge on any atom is 0.238 e. The molecule has 0 spiro atoms. The zero-order chi connectivity index (χ0) is 9.68. The van der Waals surface area contributed by atoms with Crippen LogP contribution in [-0.2, 0) is 4.79 Å². The first-order chi connectivity index (χ1) is 6.22. The van der Waals surface area contributed by atoms with Crippen molar-refractivity contribution >= 4 is 27.5 Å². The molecule has 0 atom stereocenters. The summed E-state index contributed by atoms with van der Waals surface area (Å²) in [4.78, 5) is 11.0. The average molecular weight is 239 g/mol. The predicted octanol–water partition coefficient (Wildman–Crippen LogP) is 2.30. The fourth-order valence-corrected chi connectivity index (χ4v) is 1.07. The third-order valence-electron chi connectivity index (χ3n) is 1.37. The lowest BCUT2D eigenvalue weighted by atomic mass is 10.3. The van der Waals surface area contributed by atoms with Crippen LogP contribution in [0.15, 0.2) is 28.7 Å². The summed E-state index contributed by atoms with van der Waals surface area (Å²) >= 11 is 3.28. The molecular formula is C9H7BrN2O. The first kappa shape index (κ1) is 9.75. The fraction of sp³-hybridized carbons (Fsp3) is 0.111. The van der Waals surface area contributed by atoms with E-state index in [9.17, 15) is 4.79 Å². The van der Waals surface area contributed by atoms with E-state index in [0.29, 0.717) is 5.69 Å². The van der Waals surface area contributed by atoms with Gasteiger partial charge in [0.15, 0.2) is 0 Å². The summed E-state index contributed by atoms with van der Waals surface area (Å²) in [5.41, 5.74) is 0.698. The van der Waals surface area contributed by atoms with Crippen molar-refractivity contribution in [2.45, 2.75) is 6.42 Å². The van der Waals surface area contributed by atoms with Crippen LogP contribution in [-0.4, -0.2) is 5.91 Å². The van der Waals surface area contributed by atoms with Gasteiger partial charge in [0.05, 0.1) is 6.07 Å². The molecule has 1 aromatic carbocycles. The van der Waals surface area contributed by atoms with Crippen molar-refractivity contribution in [2.75, 3.05) is 5.32 Å². The molecule has 66 valence electrons. The van der Waals surface area contributed by atoms with Crippen molar-refractivity contribution in [3.8, 4) is 6.07 Å². The summed E-state index contributed by atoms with van der Waals surface area (Å²) in [6.45, 7) is 0. The van der Waals surface area contributed by atoms with Crippen LogP contribution in [0.3, 0.4) is 0 Å². The van der Waals surface area contributed by atoms with Crippen LogP contribution in [0.1, 0.15) is 6.42 Å². The van der Waals surface area contributed by atoms with Crippen LogP contribution in [0, 0.1) is 11.3 Å². The van der Waals surface area contributed by atoms with Crippen molar-refractivity contribution in [3.05, 3.63) is 28.7 Å². The topological polar surface area (TPSA) is 52.9 Å². The lowest BCUT2D eigenvalue weighted by molar-refractivity contribution is -0.115. The van der Waals surface area contributed by atoms with E-state index in [1.54, 1.807) is 18.2 Å². The Kier molecular flexibility index (Phi) is 3.47. The first-order valence-corrected chi connectivity index (χ1v) is 4.44. The van der Waals surface area contributed by atoms with Gasteiger partial charge in [0.25, 0.3) is 0 Å². The lowest BCUT2D eigenvalue weighted by Crippen LogP contribution is -2.09. The van der Waals surface area contributed by atoms with Gasteiger partial charge in [-0.25, -0.2) is 0 Å². The van der Waals surface area contributed by atoms with Gasteiger partial charge in [-0.3, -0.25) is 4.79 Å². The molecule has 0 aliphatic heterocycles. The van der Waals surface area contributed by atoms with Gasteiger partial charge in [-0.15, -0.1) is 0 Å². The third kappa shape index (κ3) is 3.26. The summed E-state index contributed by atoms with van der Waals surface area (Å²) in [7, 11) is 0. The molecule has 0 saturated heterocycles. The monoisotopic (exact) mass is 238 g/mol. The molecule has 0 saturated carbocycles. The Morgan fingerprint density at radius 1 is 1.46 bits per heavy atom. The maximum absolute atomic E-state index is 11.0. The van der Waals surface area contributed by atoms with Crippen LogP contribution in [0.5, 0.6) is 0 Å². The number of nitrogens with zero attached hydrogens (tertiary/aromatic N) is 1. The van der Waals surface area contributed by atoms with E-state index >= 15 is 0 Å². The molecule has 3 nitrogen and oxygen atoms in total. The Bertz CT molecular complexity index is 340. The number of carbonyl (C=O) groups excluding carboxylic acids is 1. The van der Waals surface area contributed by atoms with Crippen molar-refractivity contribution in [1.82, 2.24) is 0 Å². The highest BCUT2D eigenvalue weighted by atomic mass is 79.9. The van der Waals surface area contributed by atoms with E-state index in [4.69, 9.17) is 5.26 Å². The molecule has 0 bridgehead atoms. The zero-order valence-corrected chi connectivity index (χ0v) is 8.34. The molecule has 13 heavy (non-hydrogen) atoms. The highest BCUT2D eigenvalue weighted by molar-refractivity contribution is 9.10. The van der Waals surface area contributed by atoms with Crippen molar-refractivity contribution in [1.29, 1.82) is 5.26 Å². The second kappa shape index (κ2) is 4.63.